The number of ether oxygens (including phenoxy) is 3. The van der Waals surface area contributed by atoms with Gasteiger partial charge in [-0.05, 0) is 67.5 Å². The van der Waals surface area contributed by atoms with Gasteiger partial charge < -0.3 is 29.7 Å². The number of likely N-dealkylation sites (tertiary alicyclic amines) is 2. The number of piperidine rings is 1. The van der Waals surface area contributed by atoms with Crippen molar-refractivity contribution in [2.45, 2.75) is 70.0 Å². The fourth-order valence-electron chi connectivity index (χ4n) is 7.81. The summed E-state index contributed by atoms with van der Waals surface area (Å²) in [6.07, 6.45) is -0.848. The van der Waals surface area contributed by atoms with Gasteiger partial charge in [-0.2, -0.15) is 13.2 Å². The van der Waals surface area contributed by atoms with E-state index in [1.165, 1.54) is 6.07 Å². The van der Waals surface area contributed by atoms with Gasteiger partial charge in [0.05, 0.1) is 18.6 Å². The molecule has 6 rings (SSSR count). The molecule has 0 aromatic heterocycles. The summed E-state index contributed by atoms with van der Waals surface area (Å²) >= 11 is 0. The predicted molar refractivity (Wildman–Crippen MR) is 188 cm³/mol. The molecule has 4 fully saturated rings. The van der Waals surface area contributed by atoms with Crippen molar-refractivity contribution in [3.05, 3.63) is 59.2 Å². The first-order chi connectivity index (χ1) is 24.0. The van der Waals surface area contributed by atoms with Crippen LogP contribution in [0.25, 0.3) is 0 Å². The highest BCUT2D eigenvalue weighted by molar-refractivity contribution is 5.81. The summed E-state index contributed by atoms with van der Waals surface area (Å²) in [4.78, 5) is 32.3. The summed E-state index contributed by atoms with van der Waals surface area (Å²) in [5, 5.41) is 0. The summed E-state index contributed by atoms with van der Waals surface area (Å²) in [6, 6.07) is 12.4. The van der Waals surface area contributed by atoms with Crippen molar-refractivity contribution in [2.24, 2.45) is 17.6 Å². The van der Waals surface area contributed by atoms with Gasteiger partial charge in [0.2, 0.25) is 11.8 Å². The van der Waals surface area contributed by atoms with E-state index in [4.69, 9.17) is 15.2 Å². The SMILES string of the molecule is CC.COC.COc1ccc([C@@H]2CN(C3CCOCC3)CC2C(=O)N2CCC(c3ccc(C(F)(F)F)cc3N3CCC(C(N)=O)CC3)C2)cc1. The lowest BCUT2D eigenvalue weighted by atomic mass is 9.88. The van der Waals surface area contributed by atoms with Crippen LogP contribution in [-0.4, -0.2) is 101 Å². The minimum Gasteiger partial charge on any atom is -0.497 e. The van der Waals surface area contributed by atoms with Gasteiger partial charge in [-0.15, -0.1) is 0 Å². The van der Waals surface area contributed by atoms with Crippen molar-refractivity contribution in [1.82, 2.24) is 9.80 Å². The van der Waals surface area contributed by atoms with Crippen LogP contribution in [-0.2, 0) is 25.2 Å². The van der Waals surface area contributed by atoms with Gasteiger partial charge in [0.15, 0.2) is 0 Å². The van der Waals surface area contributed by atoms with Gasteiger partial charge in [0, 0.05) is 96.2 Å². The number of hydrogen-bond acceptors (Lipinski definition) is 7. The second kappa shape index (κ2) is 18.2. The van der Waals surface area contributed by atoms with Crippen molar-refractivity contribution in [1.29, 1.82) is 0 Å². The summed E-state index contributed by atoms with van der Waals surface area (Å²) in [7, 11) is 4.89. The van der Waals surface area contributed by atoms with Crippen LogP contribution in [0.3, 0.4) is 0 Å². The standard InChI is InChI=1S/C34H43F3N4O4.C2H6O.C2H6/c1-44-27-5-2-22(3-6-27)29-20-41(26-11-16-45-17-12-26)21-30(29)33(43)40-15-10-24(19-40)28-7-4-25(34(35,36)37)18-31(28)39-13-8-23(9-14-39)32(38)42;1-3-2;1-2/h2-7,18,23-24,26,29-30H,8-17,19-21H2,1H3,(H2,38,42);1-2H3;1-2H3/t24?,29-,30?;;/m0../s1. The minimum absolute atomic E-state index is 0.0403. The zero-order chi connectivity index (χ0) is 36.4. The molecule has 12 heteroatoms. The molecule has 4 heterocycles. The predicted octanol–water partition coefficient (Wildman–Crippen LogP) is 5.92. The lowest BCUT2D eigenvalue weighted by molar-refractivity contribution is -0.137. The Kier molecular flexibility index (Phi) is 14.4. The molecule has 2 unspecified atom stereocenters. The van der Waals surface area contributed by atoms with Gasteiger partial charge in [-0.25, -0.2) is 0 Å². The molecular weight excluding hydrogens is 649 g/mol. The first-order valence-corrected chi connectivity index (χ1v) is 17.9. The highest BCUT2D eigenvalue weighted by atomic mass is 19.4. The zero-order valence-electron chi connectivity index (χ0n) is 30.2. The van der Waals surface area contributed by atoms with Crippen LogP contribution in [0.4, 0.5) is 18.9 Å². The quantitative estimate of drug-likeness (QED) is 0.383. The number of primary amides is 1. The number of carbonyl (C=O) groups is 2. The molecule has 278 valence electrons. The third-order valence-electron chi connectivity index (χ3n) is 10.5. The molecule has 50 heavy (non-hydrogen) atoms. The molecule has 9 nitrogen and oxygen atoms in total. The van der Waals surface area contributed by atoms with Crippen molar-refractivity contribution in [2.75, 3.05) is 78.7 Å². The number of alkyl halides is 3. The van der Waals surface area contributed by atoms with Crippen LogP contribution in [0.5, 0.6) is 5.75 Å². The van der Waals surface area contributed by atoms with E-state index in [9.17, 15) is 22.8 Å². The summed E-state index contributed by atoms with van der Waals surface area (Å²) in [5.41, 5.74) is 7.32. The van der Waals surface area contributed by atoms with E-state index in [2.05, 4.69) is 21.8 Å². The molecule has 3 atom stereocenters. The Bertz CT molecular complexity index is 1380. The van der Waals surface area contributed by atoms with Crippen LogP contribution < -0.4 is 15.4 Å². The molecule has 0 bridgehead atoms. The van der Waals surface area contributed by atoms with E-state index in [1.807, 2.05) is 35.8 Å². The fraction of sp³-hybridized carbons (Fsp3) is 0.632. The number of anilines is 1. The smallest absolute Gasteiger partial charge is 0.416 e. The number of hydrogen-bond donors (Lipinski definition) is 1. The number of benzene rings is 2. The number of halogens is 3. The summed E-state index contributed by atoms with van der Waals surface area (Å²) in [6.45, 7) is 8.91. The lowest BCUT2D eigenvalue weighted by Gasteiger charge is -2.35. The maximum Gasteiger partial charge on any atom is 0.416 e. The van der Waals surface area contributed by atoms with Gasteiger partial charge in [0.25, 0.3) is 0 Å². The molecule has 0 aliphatic carbocycles. The molecule has 4 aliphatic rings. The molecule has 2 aromatic carbocycles. The molecule has 0 radical (unpaired) electrons. The molecule has 2 N–H and O–H groups in total. The van der Waals surface area contributed by atoms with Crippen LogP contribution in [0, 0.1) is 11.8 Å². The Morgan fingerprint density at radius 3 is 2.08 bits per heavy atom. The largest absolute Gasteiger partial charge is 0.497 e. The van der Waals surface area contributed by atoms with Crippen LogP contribution in [0.15, 0.2) is 42.5 Å². The highest BCUT2D eigenvalue weighted by Crippen LogP contribution is 2.42. The van der Waals surface area contributed by atoms with Crippen molar-refractivity contribution in [3.8, 4) is 5.75 Å². The van der Waals surface area contributed by atoms with E-state index in [0.29, 0.717) is 63.7 Å². The summed E-state index contributed by atoms with van der Waals surface area (Å²) in [5.74, 6) is 0.0176. The van der Waals surface area contributed by atoms with Gasteiger partial charge in [0.1, 0.15) is 5.75 Å². The van der Waals surface area contributed by atoms with Crippen LogP contribution in [0.2, 0.25) is 0 Å². The second-order valence-corrected chi connectivity index (χ2v) is 13.4. The fourth-order valence-corrected chi connectivity index (χ4v) is 7.81. The van der Waals surface area contributed by atoms with Gasteiger partial charge in [-0.1, -0.05) is 32.0 Å². The zero-order valence-corrected chi connectivity index (χ0v) is 30.2. The molecule has 4 saturated heterocycles. The van der Waals surface area contributed by atoms with E-state index in [0.717, 1.165) is 55.5 Å². The van der Waals surface area contributed by atoms with Crippen LogP contribution >= 0.6 is 0 Å². The lowest BCUT2D eigenvalue weighted by Crippen LogP contribution is -2.40. The number of rotatable bonds is 7. The van der Waals surface area contributed by atoms with Crippen molar-refractivity contribution < 1.29 is 37.0 Å². The second-order valence-electron chi connectivity index (χ2n) is 13.4. The normalized spacial score (nSPS) is 23.5. The Morgan fingerprint density at radius 1 is 0.860 bits per heavy atom. The van der Waals surface area contributed by atoms with Gasteiger partial charge in [-0.3, -0.25) is 14.5 Å². The maximum atomic E-state index is 14.3. The molecule has 0 spiro atoms. The number of methoxy groups -OCH3 is 2. The number of nitrogens with two attached hydrogens (primary N) is 1. The molecule has 4 aliphatic heterocycles. The summed E-state index contributed by atoms with van der Waals surface area (Å²) < 4.78 is 56.6. The monoisotopic (exact) mass is 704 g/mol. The molecule has 0 saturated carbocycles. The Morgan fingerprint density at radius 2 is 1.50 bits per heavy atom. The Hall–Kier alpha value is -3.35. The Balaban J connectivity index is 0.00000107. The number of amides is 2. The third-order valence-corrected chi connectivity index (χ3v) is 10.5. The van der Waals surface area contributed by atoms with Crippen LogP contribution in [0.1, 0.15) is 74.5 Å². The molecule has 2 amide bonds. The topological polar surface area (TPSA) is 97.6 Å². The van der Waals surface area contributed by atoms with E-state index < -0.39 is 11.7 Å². The minimum atomic E-state index is -4.47. The maximum absolute atomic E-state index is 14.3. The molecule has 2 aromatic rings. The van der Waals surface area contributed by atoms with E-state index >= 15 is 0 Å². The number of carbonyl (C=O) groups excluding carboxylic acids is 2. The third kappa shape index (κ3) is 9.50. The van der Waals surface area contributed by atoms with Crippen molar-refractivity contribution >= 4 is 17.5 Å². The first-order valence-electron chi connectivity index (χ1n) is 17.9. The number of nitrogens with zero attached hydrogens (tertiary/aromatic N) is 3. The average molecular weight is 705 g/mol. The van der Waals surface area contributed by atoms with E-state index in [-0.39, 0.29) is 35.5 Å². The average Bonchev–Trinajstić information content (AvgIpc) is 3.81. The first kappa shape index (κ1) is 39.4. The highest BCUT2D eigenvalue weighted by Gasteiger charge is 2.44. The van der Waals surface area contributed by atoms with Crippen molar-refractivity contribution in [3.63, 3.8) is 0 Å². The van der Waals surface area contributed by atoms with E-state index in [1.54, 1.807) is 27.4 Å². The molecular formula is C38H55F3N4O5. The Labute approximate surface area is 295 Å². The van der Waals surface area contributed by atoms with Gasteiger partial charge >= 0.3 is 6.18 Å².